The summed E-state index contributed by atoms with van der Waals surface area (Å²) in [6.45, 7) is 14.3. The molecule has 8 nitrogen and oxygen atoms in total. The molecule has 26 heavy (non-hydrogen) atoms. The first-order valence-corrected chi connectivity index (χ1v) is 9.26. The molecule has 0 unspecified atom stereocenters. The molecular formula is C17H32N4O4S. The number of nitrogens with one attached hydrogen (secondary N) is 2. The Hall–Kier alpha value is -1.77. The van der Waals surface area contributed by atoms with Gasteiger partial charge in [0.2, 0.25) is 0 Å². The van der Waals surface area contributed by atoms with Crippen molar-refractivity contribution in [1.82, 2.24) is 20.4 Å². The highest BCUT2D eigenvalue weighted by Crippen LogP contribution is 2.12. The minimum atomic E-state index is -0.513. The van der Waals surface area contributed by atoms with Crippen LogP contribution in [0.25, 0.3) is 0 Å². The zero-order valence-corrected chi connectivity index (χ0v) is 17.5. The molecule has 9 heteroatoms. The summed E-state index contributed by atoms with van der Waals surface area (Å²) in [5, 5.41) is 6.39. The van der Waals surface area contributed by atoms with Crippen molar-refractivity contribution in [3.8, 4) is 0 Å². The van der Waals surface area contributed by atoms with Crippen LogP contribution in [0.2, 0.25) is 0 Å². The summed E-state index contributed by atoms with van der Waals surface area (Å²) >= 11 is 5.37. The van der Waals surface area contributed by atoms with E-state index in [0.29, 0.717) is 44.4 Å². The molecular weight excluding hydrogens is 356 g/mol. The van der Waals surface area contributed by atoms with E-state index in [-0.39, 0.29) is 6.09 Å². The highest BCUT2D eigenvalue weighted by molar-refractivity contribution is 7.80. The molecule has 150 valence electrons. The second kappa shape index (κ2) is 9.25. The predicted molar refractivity (Wildman–Crippen MR) is 104 cm³/mol. The molecule has 2 amide bonds. The van der Waals surface area contributed by atoms with Gasteiger partial charge >= 0.3 is 12.2 Å². The van der Waals surface area contributed by atoms with Crippen LogP contribution in [0.4, 0.5) is 9.59 Å². The van der Waals surface area contributed by atoms with Crippen LogP contribution in [0, 0.1) is 0 Å². The number of thiocarbonyl (C=S) groups is 1. The normalized spacial score (nSPS) is 15.3. The lowest BCUT2D eigenvalue weighted by Gasteiger charge is -2.36. The van der Waals surface area contributed by atoms with Crippen molar-refractivity contribution in [2.75, 3.05) is 39.3 Å². The number of alkyl carbamates (subject to hydrolysis) is 1. The van der Waals surface area contributed by atoms with Crippen LogP contribution < -0.4 is 10.6 Å². The Morgan fingerprint density at radius 2 is 1.31 bits per heavy atom. The summed E-state index contributed by atoms with van der Waals surface area (Å²) in [6.07, 6.45) is -0.742. The summed E-state index contributed by atoms with van der Waals surface area (Å²) < 4.78 is 10.5. The smallest absolute Gasteiger partial charge is 0.410 e. The monoisotopic (exact) mass is 388 g/mol. The van der Waals surface area contributed by atoms with Crippen LogP contribution in [-0.2, 0) is 9.47 Å². The Labute approximate surface area is 161 Å². The van der Waals surface area contributed by atoms with Crippen molar-refractivity contribution in [2.45, 2.75) is 52.7 Å². The molecule has 0 aromatic heterocycles. The lowest BCUT2D eigenvalue weighted by molar-refractivity contribution is 0.0186. The maximum atomic E-state index is 12.0. The zero-order chi connectivity index (χ0) is 20.0. The number of nitrogens with zero attached hydrogens (tertiary/aromatic N) is 2. The standard InChI is InChI=1S/C17H32N4O4S/c1-16(2,3)24-14(22)19-8-7-18-13(26)20-9-11-21(12-10-20)15(23)25-17(4,5)6/h7-12H2,1-6H3,(H,18,26)(H,19,22). The third-order valence-electron chi connectivity index (χ3n) is 3.29. The lowest BCUT2D eigenvalue weighted by atomic mass is 10.2. The number of hydrogen-bond donors (Lipinski definition) is 2. The second-order valence-corrected chi connectivity index (χ2v) is 8.50. The molecule has 0 aromatic carbocycles. The summed E-state index contributed by atoms with van der Waals surface area (Å²) in [5.41, 5.74) is -1.01. The SMILES string of the molecule is CC(C)(C)OC(=O)NCCNC(=S)N1CCN(C(=O)OC(C)(C)C)CC1. The van der Waals surface area contributed by atoms with Gasteiger partial charge in [-0.05, 0) is 53.8 Å². The van der Waals surface area contributed by atoms with Crippen LogP contribution in [0.15, 0.2) is 0 Å². The molecule has 1 aliphatic rings. The lowest BCUT2D eigenvalue weighted by Crippen LogP contribution is -2.54. The molecule has 0 aliphatic carbocycles. The van der Waals surface area contributed by atoms with Gasteiger partial charge in [0.25, 0.3) is 0 Å². The van der Waals surface area contributed by atoms with Gasteiger partial charge in [0.1, 0.15) is 11.2 Å². The van der Waals surface area contributed by atoms with Crippen molar-refractivity contribution >= 4 is 29.5 Å². The van der Waals surface area contributed by atoms with Crippen LogP contribution >= 0.6 is 12.2 Å². The number of piperazine rings is 1. The summed E-state index contributed by atoms with van der Waals surface area (Å²) in [5.74, 6) is 0. The maximum Gasteiger partial charge on any atom is 0.410 e. The molecule has 0 saturated carbocycles. The van der Waals surface area contributed by atoms with Gasteiger partial charge in [0.05, 0.1) is 0 Å². The van der Waals surface area contributed by atoms with Crippen molar-refractivity contribution in [3.05, 3.63) is 0 Å². The third kappa shape index (κ3) is 9.07. The van der Waals surface area contributed by atoms with E-state index in [1.807, 2.05) is 46.4 Å². The largest absolute Gasteiger partial charge is 0.444 e. The van der Waals surface area contributed by atoms with Gasteiger partial charge in [-0.15, -0.1) is 0 Å². The second-order valence-electron chi connectivity index (χ2n) is 8.12. The van der Waals surface area contributed by atoms with Gasteiger partial charge in [0, 0.05) is 39.3 Å². The van der Waals surface area contributed by atoms with Gasteiger partial charge in [0.15, 0.2) is 5.11 Å². The Morgan fingerprint density at radius 3 is 1.81 bits per heavy atom. The number of rotatable bonds is 3. The van der Waals surface area contributed by atoms with Gasteiger partial charge in [-0.3, -0.25) is 0 Å². The fourth-order valence-corrected chi connectivity index (χ4v) is 2.46. The molecule has 2 N–H and O–H groups in total. The van der Waals surface area contributed by atoms with Gasteiger partial charge in [-0.2, -0.15) is 0 Å². The summed E-state index contributed by atoms with van der Waals surface area (Å²) in [6, 6.07) is 0. The topological polar surface area (TPSA) is 83.1 Å². The highest BCUT2D eigenvalue weighted by atomic mass is 32.1. The van der Waals surface area contributed by atoms with Gasteiger partial charge in [-0.1, -0.05) is 0 Å². The van der Waals surface area contributed by atoms with Crippen molar-refractivity contribution in [3.63, 3.8) is 0 Å². The quantitative estimate of drug-likeness (QED) is 0.565. The first-order chi connectivity index (χ1) is 11.9. The van der Waals surface area contributed by atoms with E-state index in [9.17, 15) is 9.59 Å². The molecule has 1 saturated heterocycles. The molecule has 0 aromatic rings. The first kappa shape index (κ1) is 22.3. The van der Waals surface area contributed by atoms with E-state index < -0.39 is 17.3 Å². The number of amides is 2. The molecule has 0 bridgehead atoms. The Balaban J connectivity index is 2.24. The fourth-order valence-electron chi connectivity index (χ4n) is 2.18. The minimum absolute atomic E-state index is 0.294. The average Bonchev–Trinajstić information content (AvgIpc) is 2.48. The van der Waals surface area contributed by atoms with Crippen molar-refractivity contribution < 1.29 is 19.1 Å². The van der Waals surface area contributed by atoms with Gasteiger partial charge < -0.3 is 29.9 Å². The first-order valence-electron chi connectivity index (χ1n) is 8.85. The number of carbonyl (C=O) groups excluding carboxylic acids is 2. The summed E-state index contributed by atoms with van der Waals surface area (Å²) in [7, 11) is 0. The van der Waals surface area contributed by atoms with Crippen molar-refractivity contribution in [1.29, 1.82) is 0 Å². The van der Waals surface area contributed by atoms with Crippen LogP contribution in [0.1, 0.15) is 41.5 Å². The van der Waals surface area contributed by atoms with Gasteiger partial charge in [-0.25, -0.2) is 9.59 Å². The fraction of sp³-hybridized carbons (Fsp3) is 0.824. The molecule has 1 heterocycles. The van der Waals surface area contributed by atoms with E-state index in [4.69, 9.17) is 21.7 Å². The van der Waals surface area contributed by atoms with Crippen molar-refractivity contribution in [2.24, 2.45) is 0 Å². The molecule has 0 spiro atoms. The Kier molecular flexibility index (Phi) is 7.92. The molecule has 0 radical (unpaired) electrons. The Morgan fingerprint density at radius 1 is 0.846 bits per heavy atom. The number of carbonyl (C=O) groups is 2. The molecule has 1 rings (SSSR count). The van der Waals surface area contributed by atoms with E-state index in [0.717, 1.165) is 0 Å². The minimum Gasteiger partial charge on any atom is -0.444 e. The van der Waals surface area contributed by atoms with Crippen LogP contribution in [0.3, 0.4) is 0 Å². The van der Waals surface area contributed by atoms with E-state index in [1.54, 1.807) is 4.90 Å². The average molecular weight is 389 g/mol. The number of hydrogen-bond acceptors (Lipinski definition) is 5. The van der Waals surface area contributed by atoms with E-state index in [2.05, 4.69) is 10.6 Å². The van der Waals surface area contributed by atoms with Crippen LogP contribution in [-0.4, -0.2) is 77.6 Å². The predicted octanol–water partition coefficient (Wildman–Crippen LogP) is 1.94. The maximum absolute atomic E-state index is 12.0. The number of ether oxygens (including phenoxy) is 2. The molecule has 0 atom stereocenters. The highest BCUT2D eigenvalue weighted by Gasteiger charge is 2.26. The molecule has 1 fully saturated rings. The third-order valence-corrected chi connectivity index (χ3v) is 3.69. The summed E-state index contributed by atoms with van der Waals surface area (Å²) in [4.78, 5) is 27.3. The van der Waals surface area contributed by atoms with Crippen LogP contribution in [0.5, 0.6) is 0 Å². The Bertz CT molecular complexity index is 506. The van der Waals surface area contributed by atoms with E-state index in [1.165, 1.54) is 0 Å². The van der Waals surface area contributed by atoms with E-state index >= 15 is 0 Å². The zero-order valence-electron chi connectivity index (χ0n) is 16.7. The molecule has 1 aliphatic heterocycles.